The van der Waals surface area contributed by atoms with Crippen molar-refractivity contribution in [2.75, 3.05) is 25.4 Å². The fraction of sp³-hybridized carbons (Fsp3) is 0.846. The minimum absolute atomic E-state index is 0.0784. The maximum atomic E-state index is 11.9. The number of carbonyl (C=O) groups excluding carboxylic acids is 1. The zero-order valence-corrected chi connectivity index (χ0v) is 12.8. The van der Waals surface area contributed by atoms with Crippen LogP contribution in [-0.4, -0.2) is 55.1 Å². The number of carboxylic acid groups (broad SMARTS) is 1. The van der Waals surface area contributed by atoms with Crippen LogP contribution in [0.3, 0.4) is 0 Å². The molecule has 21 heavy (non-hydrogen) atoms. The number of nitrogens with one attached hydrogen (secondary N) is 1. The number of rotatable bonds is 5. The first-order valence-electron chi connectivity index (χ1n) is 7.34. The van der Waals surface area contributed by atoms with Crippen molar-refractivity contribution in [2.24, 2.45) is 5.41 Å². The highest BCUT2D eigenvalue weighted by Gasteiger charge is 2.40. The van der Waals surface area contributed by atoms with E-state index in [0.29, 0.717) is 25.8 Å². The molecule has 0 bridgehead atoms. The largest absolute Gasteiger partial charge is 0.481 e. The standard InChI is InChI=1S/C13H22N2O5S/c16-11(9-15-7-4-8-21(15,19)20)14-10-13(12(17)18)5-2-1-3-6-13/h1-10H2,(H,14,16)(H,17,18). The molecule has 7 nitrogen and oxygen atoms in total. The van der Waals surface area contributed by atoms with Crippen molar-refractivity contribution in [3.05, 3.63) is 0 Å². The third-order valence-corrected chi connectivity index (χ3v) is 6.31. The lowest BCUT2D eigenvalue weighted by Gasteiger charge is -2.33. The summed E-state index contributed by atoms with van der Waals surface area (Å²) in [4.78, 5) is 23.4. The Labute approximate surface area is 124 Å². The van der Waals surface area contributed by atoms with Gasteiger partial charge in [0.25, 0.3) is 0 Å². The quantitative estimate of drug-likeness (QED) is 0.752. The lowest BCUT2D eigenvalue weighted by molar-refractivity contribution is -0.151. The predicted molar refractivity (Wildman–Crippen MR) is 76.1 cm³/mol. The third kappa shape index (κ3) is 3.74. The van der Waals surface area contributed by atoms with Gasteiger partial charge in [0.2, 0.25) is 15.9 Å². The molecule has 0 radical (unpaired) electrons. The van der Waals surface area contributed by atoms with Crippen molar-refractivity contribution in [3.63, 3.8) is 0 Å². The first-order valence-corrected chi connectivity index (χ1v) is 8.95. The smallest absolute Gasteiger partial charge is 0.311 e. The SMILES string of the molecule is O=C(CN1CCCS1(=O)=O)NCC1(C(=O)O)CCCCC1. The fourth-order valence-corrected chi connectivity index (χ4v) is 4.52. The Morgan fingerprint density at radius 2 is 1.81 bits per heavy atom. The summed E-state index contributed by atoms with van der Waals surface area (Å²) in [5.74, 6) is -1.22. The molecule has 1 saturated carbocycles. The summed E-state index contributed by atoms with van der Waals surface area (Å²) in [5.41, 5.74) is -0.891. The summed E-state index contributed by atoms with van der Waals surface area (Å²) in [7, 11) is -3.30. The normalized spacial score (nSPS) is 24.6. The molecular formula is C13H22N2O5S. The molecule has 1 heterocycles. The molecule has 0 aromatic heterocycles. The summed E-state index contributed by atoms with van der Waals surface area (Å²) in [5, 5.41) is 12.0. The third-order valence-electron chi connectivity index (χ3n) is 4.41. The van der Waals surface area contributed by atoms with Crippen molar-refractivity contribution in [1.29, 1.82) is 0 Å². The average Bonchev–Trinajstić information content (AvgIpc) is 2.76. The number of amides is 1. The molecule has 0 spiro atoms. The van der Waals surface area contributed by atoms with Gasteiger partial charge < -0.3 is 10.4 Å². The van der Waals surface area contributed by atoms with E-state index in [1.165, 1.54) is 0 Å². The van der Waals surface area contributed by atoms with Crippen LogP contribution in [-0.2, 0) is 19.6 Å². The van der Waals surface area contributed by atoms with Gasteiger partial charge in [-0.15, -0.1) is 0 Å². The average molecular weight is 318 g/mol. The Kier molecular flexibility index (Phi) is 4.88. The Hall–Kier alpha value is -1.15. The van der Waals surface area contributed by atoms with E-state index in [1.54, 1.807) is 0 Å². The zero-order valence-electron chi connectivity index (χ0n) is 12.0. The molecule has 2 rings (SSSR count). The maximum absolute atomic E-state index is 11.9. The van der Waals surface area contributed by atoms with Crippen LogP contribution >= 0.6 is 0 Å². The van der Waals surface area contributed by atoms with E-state index >= 15 is 0 Å². The van der Waals surface area contributed by atoms with Gasteiger partial charge in [-0.25, -0.2) is 8.42 Å². The molecule has 120 valence electrons. The summed E-state index contributed by atoms with van der Waals surface area (Å²) < 4.78 is 24.4. The molecule has 1 amide bonds. The number of hydrogen-bond acceptors (Lipinski definition) is 4. The Morgan fingerprint density at radius 3 is 2.33 bits per heavy atom. The van der Waals surface area contributed by atoms with Gasteiger partial charge in [-0.1, -0.05) is 19.3 Å². The predicted octanol–water partition coefficient (Wildman–Crippen LogP) is 0.173. The lowest BCUT2D eigenvalue weighted by Crippen LogP contribution is -2.47. The molecule has 0 unspecified atom stereocenters. The van der Waals surface area contributed by atoms with Gasteiger partial charge in [0.1, 0.15) is 0 Å². The van der Waals surface area contributed by atoms with E-state index in [2.05, 4.69) is 5.32 Å². The van der Waals surface area contributed by atoms with Crippen molar-refractivity contribution < 1.29 is 23.1 Å². The highest BCUT2D eigenvalue weighted by atomic mass is 32.2. The van der Waals surface area contributed by atoms with E-state index in [4.69, 9.17) is 0 Å². The molecule has 0 atom stereocenters. The second kappa shape index (κ2) is 6.31. The van der Waals surface area contributed by atoms with Crippen LogP contribution in [0.15, 0.2) is 0 Å². The highest BCUT2D eigenvalue weighted by Crippen LogP contribution is 2.36. The van der Waals surface area contributed by atoms with Crippen molar-refractivity contribution >= 4 is 21.9 Å². The fourth-order valence-electron chi connectivity index (χ4n) is 3.05. The van der Waals surface area contributed by atoms with Crippen LogP contribution in [0.2, 0.25) is 0 Å². The van der Waals surface area contributed by atoms with Gasteiger partial charge >= 0.3 is 5.97 Å². The number of sulfonamides is 1. The van der Waals surface area contributed by atoms with Gasteiger partial charge in [-0.05, 0) is 19.3 Å². The molecule has 0 aromatic rings. The number of nitrogens with zero attached hydrogens (tertiary/aromatic N) is 1. The molecule has 2 aliphatic rings. The van der Waals surface area contributed by atoms with Crippen LogP contribution in [0.4, 0.5) is 0 Å². The van der Waals surface area contributed by atoms with Gasteiger partial charge in [0.15, 0.2) is 0 Å². The summed E-state index contributed by atoms with van der Waals surface area (Å²) in [6.45, 7) is 0.229. The molecule has 1 aliphatic heterocycles. The topological polar surface area (TPSA) is 104 Å². The maximum Gasteiger partial charge on any atom is 0.311 e. The number of hydrogen-bond donors (Lipinski definition) is 2. The first-order chi connectivity index (χ1) is 9.86. The lowest BCUT2D eigenvalue weighted by atomic mass is 9.74. The van der Waals surface area contributed by atoms with E-state index < -0.39 is 27.3 Å². The van der Waals surface area contributed by atoms with Gasteiger partial charge in [0.05, 0.1) is 17.7 Å². The van der Waals surface area contributed by atoms with E-state index in [1.807, 2.05) is 0 Å². The first kappa shape index (κ1) is 16.2. The molecule has 1 saturated heterocycles. The summed E-state index contributed by atoms with van der Waals surface area (Å²) in [6.07, 6.45) is 4.38. The minimum atomic E-state index is -3.30. The number of aliphatic carboxylic acids is 1. The Bertz CT molecular complexity index is 511. The number of carboxylic acids is 1. The van der Waals surface area contributed by atoms with E-state index in [-0.39, 0.29) is 18.8 Å². The minimum Gasteiger partial charge on any atom is -0.481 e. The van der Waals surface area contributed by atoms with Crippen LogP contribution in [0.1, 0.15) is 38.5 Å². The van der Waals surface area contributed by atoms with Crippen LogP contribution < -0.4 is 5.32 Å². The van der Waals surface area contributed by atoms with Crippen LogP contribution in [0.5, 0.6) is 0 Å². The van der Waals surface area contributed by atoms with Gasteiger partial charge in [0, 0.05) is 13.1 Å². The molecule has 2 fully saturated rings. The second-order valence-corrected chi connectivity index (χ2v) is 8.01. The van der Waals surface area contributed by atoms with Gasteiger partial charge in [-0.2, -0.15) is 4.31 Å². The number of carbonyl (C=O) groups is 2. The van der Waals surface area contributed by atoms with E-state index in [9.17, 15) is 23.1 Å². The zero-order chi connectivity index (χ0) is 15.5. The Morgan fingerprint density at radius 1 is 1.14 bits per heavy atom. The van der Waals surface area contributed by atoms with Crippen LogP contribution in [0.25, 0.3) is 0 Å². The highest BCUT2D eigenvalue weighted by molar-refractivity contribution is 7.89. The monoisotopic (exact) mass is 318 g/mol. The van der Waals surface area contributed by atoms with Gasteiger partial charge in [-0.3, -0.25) is 9.59 Å². The molecule has 0 aromatic carbocycles. The van der Waals surface area contributed by atoms with Crippen molar-refractivity contribution in [3.8, 4) is 0 Å². The molecule has 2 N–H and O–H groups in total. The van der Waals surface area contributed by atoms with Crippen molar-refractivity contribution in [2.45, 2.75) is 38.5 Å². The second-order valence-electron chi connectivity index (χ2n) is 5.93. The molecule has 8 heteroatoms. The van der Waals surface area contributed by atoms with Crippen LogP contribution in [0, 0.1) is 5.41 Å². The van der Waals surface area contributed by atoms with Crippen molar-refractivity contribution in [1.82, 2.24) is 9.62 Å². The Balaban J connectivity index is 1.89. The van der Waals surface area contributed by atoms with E-state index in [0.717, 1.165) is 23.6 Å². The molecular weight excluding hydrogens is 296 g/mol. The summed E-state index contributed by atoms with van der Waals surface area (Å²) >= 11 is 0. The molecule has 1 aliphatic carbocycles. The summed E-state index contributed by atoms with van der Waals surface area (Å²) in [6, 6.07) is 0.